The van der Waals surface area contributed by atoms with Gasteiger partial charge in [-0.15, -0.1) is 0 Å². The van der Waals surface area contributed by atoms with E-state index in [-0.39, 0.29) is 39.0 Å². The lowest BCUT2D eigenvalue weighted by atomic mass is 9.85. The van der Waals surface area contributed by atoms with Crippen LogP contribution in [0, 0.1) is 5.41 Å². The highest BCUT2D eigenvalue weighted by Crippen LogP contribution is 2.41. The van der Waals surface area contributed by atoms with Crippen molar-refractivity contribution in [2.24, 2.45) is 5.41 Å². The van der Waals surface area contributed by atoms with Gasteiger partial charge in [-0.05, 0) is 41.8 Å². The number of rotatable bonds is 9. The first-order valence-electron chi connectivity index (χ1n) is 10.9. The van der Waals surface area contributed by atoms with Crippen molar-refractivity contribution in [3.05, 3.63) is 72.6 Å². The van der Waals surface area contributed by atoms with Crippen LogP contribution in [-0.4, -0.2) is 30.6 Å². The number of ketones is 1. The van der Waals surface area contributed by atoms with Gasteiger partial charge >= 0.3 is 12.4 Å². The van der Waals surface area contributed by atoms with Crippen molar-refractivity contribution in [1.29, 1.82) is 0 Å². The minimum absolute atomic E-state index is 0.0247. The van der Waals surface area contributed by atoms with Crippen molar-refractivity contribution in [2.75, 3.05) is 6.54 Å². The fraction of sp³-hybridized carbons (Fsp3) is 0.360. The van der Waals surface area contributed by atoms with Crippen LogP contribution in [0.4, 0.5) is 26.3 Å². The molecule has 0 saturated carbocycles. The second-order valence-corrected chi connectivity index (χ2v) is 11.1. The largest absolute Gasteiger partial charge is 0.405 e. The number of hydrogen-bond acceptors (Lipinski definition) is 2. The first-order valence-corrected chi connectivity index (χ1v) is 12.8. The molecule has 0 aromatic heterocycles. The van der Waals surface area contributed by atoms with Gasteiger partial charge in [0, 0.05) is 21.9 Å². The van der Waals surface area contributed by atoms with E-state index in [1.807, 2.05) is 0 Å². The fourth-order valence-corrected chi connectivity index (χ4v) is 4.56. The zero-order valence-electron chi connectivity index (χ0n) is 19.8. The number of hydrogen-bond donors (Lipinski definition) is 1. The molecule has 0 radical (unpaired) electrons. The predicted molar refractivity (Wildman–Crippen MR) is 140 cm³/mol. The molecular weight excluding hydrogens is 647 g/mol. The van der Waals surface area contributed by atoms with Gasteiger partial charge in [0.2, 0.25) is 5.91 Å². The Hall–Kier alpha value is -1.75. The molecule has 1 N–H and O–H groups in total. The number of carbonyl (C=O) groups excluding carboxylic acids is 2. The summed E-state index contributed by atoms with van der Waals surface area (Å²) < 4.78 is 78.6. The highest BCUT2D eigenvalue weighted by atomic mass is 79.9. The smallest absolute Gasteiger partial charge is 0.347 e. The lowest BCUT2D eigenvalue weighted by Gasteiger charge is -2.23. The van der Waals surface area contributed by atoms with Gasteiger partial charge in [-0.1, -0.05) is 82.8 Å². The first-order chi connectivity index (χ1) is 17.3. The van der Waals surface area contributed by atoms with Gasteiger partial charge in [0.05, 0.1) is 21.0 Å². The van der Waals surface area contributed by atoms with Crippen molar-refractivity contribution in [1.82, 2.24) is 5.32 Å². The highest BCUT2D eigenvalue weighted by molar-refractivity contribution is 9.10. The molecule has 13 heteroatoms. The number of alkyl halides is 6. The summed E-state index contributed by atoms with van der Waals surface area (Å²) >= 11 is 20.8. The molecule has 208 valence electrons. The summed E-state index contributed by atoms with van der Waals surface area (Å²) in [6, 6.07) is 6.45. The number of nitrogens with one attached hydrogen (secondary N) is 1. The van der Waals surface area contributed by atoms with E-state index in [0.717, 1.165) is 18.2 Å². The van der Waals surface area contributed by atoms with E-state index in [1.165, 1.54) is 38.1 Å². The van der Waals surface area contributed by atoms with Crippen LogP contribution in [0.15, 0.2) is 40.9 Å². The van der Waals surface area contributed by atoms with E-state index in [1.54, 1.807) is 5.32 Å². The van der Waals surface area contributed by atoms with Crippen LogP contribution in [0.25, 0.3) is 6.08 Å². The summed E-state index contributed by atoms with van der Waals surface area (Å²) in [7, 11) is 0. The number of carbonyl (C=O) groups is 2. The molecule has 0 spiro atoms. The number of benzene rings is 2. The van der Waals surface area contributed by atoms with E-state index in [2.05, 4.69) is 15.9 Å². The van der Waals surface area contributed by atoms with Crippen LogP contribution in [-0.2, 0) is 4.79 Å². The van der Waals surface area contributed by atoms with Crippen LogP contribution in [0.2, 0.25) is 15.1 Å². The van der Waals surface area contributed by atoms with Gasteiger partial charge in [-0.25, -0.2) is 0 Å². The second kappa shape index (κ2) is 12.6. The minimum atomic E-state index is -4.66. The van der Waals surface area contributed by atoms with E-state index in [0.29, 0.717) is 10.0 Å². The molecule has 0 fully saturated rings. The summed E-state index contributed by atoms with van der Waals surface area (Å²) in [5, 5.41) is 1.50. The molecule has 38 heavy (non-hydrogen) atoms. The molecule has 1 atom stereocenters. The molecule has 0 aliphatic rings. The summed E-state index contributed by atoms with van der Waals surface area (Å²) in [6.45, 7) is 1.37. The molecule has 0 aliphatic carbocycles. The maximum Gasteiger partial charge on any atom is 0.405 e. The Kier molecular flexibility index (Phi) is 10.8. The van der Waals surface area contributed by atoms with E-state index in [4.69, 9.17) is 34.8 Å². The Morgan fingerprint density at radius 3 is 2.08 bits per heavy atom. The standard InChI is InChI=1S/C25H21BrCl3F6NO2/c1-23(2,22(38)36-12-24(30,31)32)8-7-20(37)15-5-3-13(9-17(15)26)4-6-16(25(33,34)35)14-10-18(27)21(29)19(28)11-14/h3-6,9-11,16H,7-8,12H2,1-2H3,(H,36,38)/b6-4+. The molecular formula is C25H21BrCl3F6NO2. The lowest BCUT2D eigenvalue weighted by Crippen LogP contribution is -2.41. The number of Topliss-reactive ketones (excluding diaryl/α,β-unsaturated/α-hetero) is 1. The molecule has 1 amide bonds. The Balaban J connectivity index is 2.16. The molecule has 2 aromatic carbocycles. The molecule has 1 unspecified atom stereocenters. The number of amides is 1. The van der Waals surface area contributed by atoms with Crippen LogP contribution in [0.1, 0.15) is 54.1 Å². The van der Waals surface area contributed by atoms with Crippen LogP contribution in [0.3, 0.4) is 0 Å². The third kappa shape index (κ3) is 9.17. The third-order valence-corrected chi connectivity index (χ3v) is 7.39. The van der Waals surface area contributed by atoms with Gasteiger partial charge in [0.25, 0.3) is 0 Å². The van der Waals surface area contributed by atoms with Crippen molar-refractivity contribution >= 4 is 68.5 Å². The van der Waals surface area contributed by atoms with Crippen LogP contribution >= 0.6 is 50.7 Å². The Bertz CT molecular complexity index is 1210. The fourth-order valence-electron chi connectivity index (χ4n) is 3.33. The molecule has 2 rings (SSSR count). The topological polar surface area (TPSA) is 46.2 Å². The number of halogens is 10. The molecule has 0 bridgehead atoms. The quantitative estimate of drug-likeness (QED) is 0.165. The van der Waals surface area contributed by atoms with Crippen LogP contribution in [0.5, 0.6) is 0 Å². The van der Waals surface area contributed by atoms with Crippen LogP contribution < -0.4 is 5.32 Å². The van der Waals surface area contributed by atoms with Crippen molar-refractivity contribution in [3.8, 4) is 0 Å². The summed E-state index contributed by atoms with van der Waals surface area (Å²) in [5.74, 6) is -3.28. The van der Waals surface area contributed by atoms with Gasteiger partial charge in [0.15, 0.2) is 5.78 Å². The zero-order chi connectivity index (χ0) is 29.1. The van der Waals surface area contributed by atoms with E-state index in [9.17, 15) is 35.9 Å². The van der Waals surface area contributed by atoms with Gasteiger partial charge in [-0.3, -0.25) is 9.59 Å². The summed E-state index contributed by atoms with van der Waals surface area (Å²) in [4.78, 5) is 24.8. The van der Waals surface area contributed by atoms with Gasteiger partial charge in [0.1, 0.15) is 6.54 Å². The van der Waals surface area contributed by atoms with E-state index >= 15 is 0 Å². The monoisotopic (exact) mass is 665 g/mol. The van der Waals surface area contributed by atoms with Crippen molar-refractivity contribution in [3.63, 3.8) is 0 Å². The maximum absolute atomic E-state index is 13.8. The molecule has 0 heterocycles. The Morgan fingerprint density at radius 1 is 1.00 bits per heavy atom. The highest BCUT2D eigenvalue weighted by Gasteiger charge is 2.39. The molecule has 3 nitrogen and oxygen atoms in total. The first kappa shape index (κ1) is 32.5. The summed E-state index contributed by atoms with van der Waals surface area (Å²) in [5.41, 5.74) is -0.894. The SMILES string of the molecule is CC(C)(CCC(=O)c1ccc(/C=C/C(c2cc(Cl)c(Cl)c(Cl)c2)C(F)(F)F)cc1Br)C(=O)NCC(F)(F)F. The Morgan fingerprint density at radius 2 is 1.58 bits per heavy atom. The van der Waals surface area contributed by atoms with Gasteiger partial charge in [-0.2, -0.15) is 26.3 Å². The summed E-state index contributed by atoms with van der Waals surface area (Å²) in [6.07, 6.45) is -7.25. The molecule has 0 saturated heterocycles. The van der Waals surface area contributed by atoms with E-state index < -0.39 is 41.9 Å². The second-order valence-electron chi connectivity index (χ2n) is 9.02. The normalized spacial score (nSPS) is 13.6. The third-order valence-electron chi connectivity index (χ3n) is 5.53. The minimum Gasteiger partial charge on any atom is -0.347 e. The lowest BCUT2D eigenvalue weighted by molar-refractivity contribution is -0.143. The van der Waals surface area contributed by atoms with Gasteiger partial charge < -0.3 is 5.32 Å². The average molecular weight is 668 g/mol. The van der Waals surface area contributed by atoms with Crippen molar-refractivity contribution in [2.45, 2.75) is 45.0 Å². The molecule has 2 aromatic rings. The zero-order valence-corrected chi connectivity index (χ0v) is 23.7. The predicted octanol–water partition coefficient (Wildman–Crippen LogP) is 9.44. The Labute approximate surface area is 238 Å². The molecule has 0 aliphatic heterocycles. The maximum atomic E-state index is 13.8. The average Bonchev–Trinajstić information content (AvgIpc) is 2.78. The van der Waals surface area contributed by atoms with Crippen molar-refractivity contribution < 1.29 is 35.9 Å². The number of allylic oxidation sites excluding steroid dienone is 1.